The molecular weight excluding hydrogens is 443 g/mol. The second-order valence-corrected chi connectivity index (χ2v) is 7.83. The minimum Gasteiger partial charge on any atom is -0.484 e. The number of nitrogens with one attached hydrogen (secondary N) is 1. The summed E-state index contributed by atoms with van der Waals surface area (Å²) in [4.78, 5) is 12.2. The molecule has 0 radical (unpaired) electrons. The molecule has 0 aliphatic carbocycles. The van der Waals surface area contributed by atoms with E-state index in [1.54, 1.807) is 41.9 Å². The standard InChI is InChI=1S/C18H15Cl3N4O2S/c1-25-16(9-27-15-5-3-2-4-13(15)21)23-24-18(25)28-10-17(26)22-14-8-11(19)6-7-12(14)20/h2-8H,9-10H2,1H3,(H,22,26). The Labute approximate surface area is 181 Å². The summed E-state index contributed by atoms with van der Waals surface area (Å²) in [6.45, 7) is 0.206. The van der Waals surface area contributed by atoms with Crippen LogP contribution in [0.1, 0.15) is 5.82 Å². The third-order valence-electron chi connectivity index (χ3n) is 3.65. The number of halogens is 3. The van der Waals surface area contributed by atoms with Crippen LogP contribution in [-0.4, -0.2) is 26.4 Å². The van der Waals surface area contributed by atoms with E-state index in [2.05, 4.69) is 15.5 Å². The van der Waals surface area contributed by atoms with Gasteiger partial charge in [0.2, 0.25) is 5.91 Å². The highest BCUT2D eigenvalue weighted by atomic mass is 35.5. The average Bonchev–Trinajstić information content (AvgIpc) is 3.02. The van der Waals surface area contributed by atoms with Crippen LogP contribution in [0.25, 0.3) is 0 Å². The highest BCUT2D eigenvalue weighted by Crippen LogP contribution is 2.26. The predicted octanol–water partition coefficient (Wildman–Crippen LogP) is 5.09. The van der Waals surface area contributed by atoms with Crippen LogP contribution in [0.2, 0.25) is 15.1 Å². The summed E-state index contributed by atoms with van der Waals surface area (Å²) in [5, 5.41) is 12.9. The zero-order chi connectivity index (χ0) is 20.1. The van der Waals surface area contributed by atoms with Crippen LogP contribution < -0.4 is 10.1 Å². The first-order chi connectivity index (χ1) is 13.4. The number of aromatic nitrogens is 3. The lowest BCUT2D eigenvalue weighted by molar-refractivity contribution is -0.113. The van der Waals surface area contributed by atoms with Crippen LogP contribution in [0.5, 0.6) is 5.75 Å². The van der Waals surface area contributed by atoms with Crippen molar-refractivity contribution in [2.24, 2.45) is 7.05 Å². The van der Waals surface area contributed by atoms with Crippen molar-refractivity contribution in [1.82, 2.24) is 14.8 Å². The molecule has 1 heterocycles. The Bertz CT molecular complexity index is 997. The SMILES string of the molecule is Cn1c(COc2ccccc2Cl)nnc1SCC(=O)Nc1cc(Cl)ccc1Cl. The summed E-state index contributed by atoms with van der Waals surface area (Å²) in [5.41, 5.74) is 0.464. The molecule has 0 aliphatic heterocycles. The molecule has 0 fully saturated rings. The number of nitrogens with zero attached hydrogens (tertiary/aromatic N) is 3. The fourth-order valence-electron chi connectivity index (χ4n) is 2.21. The Kier molecular flexibility index (Phi) is 7.07. The van der Waals surface area contributed by atoms with E-state index < -0.39 is 0 Å². The number of ether oxygens (including phenoxy) is 1. The van der Waals surface area contributed by atoms with Crippen molar-refractivity contribution in [3.63, 3.8) is 0 Å². The molecule has 146 valence electrons. The fourth-order valence-corrected chi connectivity index (χ4v) is 3.47. The van der Waals surface area contributed by atoms with Gasteiger partial charge in [0, 0.05) is 12.1 Å². The third-order valence-corrected chi connectivity index (χ3v) is 5.55. The van der Waals surface area contributed by atoms with Crippen molar-refractivity contribution >= 4 is 58.2 Å². The van der Waals surface area contributed by atoms with Crippen molar-refractivity contribution in [3.05, 3.63) is 63.4 Å². The van der Waals surface area contributed by atoms with E-state index in [1.165, 1.54) is 11.8 Å². The quantitative estimate of drug-likeness (QED) is 0.501. The molecule has 1 N–H and O–H groups in total. The minimum absolute atomic E-state index is 0.139. The molecule has 0 bridgehead atoms. The van der Waals surface area contributed by atoms with E-state index in [1.807, 2.05) is 12.1 Å². The van der Waals surface area contributed by atoms with Gasteiger partial charge in [0.25, 0.3) is 0 Å². The lowest BCUT2D eigenvalue weighted by atomic mass is 10.3. The molecule has 6 nitrogen and oxygen atoms in total. The lowest BCUT2D eigenvalue weighted by Crippen LogP contribution is -2.15. The van der Waals surface area contributed by atoms with Gasteiger partial charge in [-0.2, -0.15) is 0 Å². The Morgan fingerprint density at radius 1 is 1.14 bits per heavy atom. The van der Waals surface area contributed by atoms with Crippen LogP contribution in [0.15, 0.2) is 47.6 Å². The number of para-hydroxylation sites is 1. The van der Waals surface area contributed by atoms with E-state index in [0.29, 0.717) is 37.5 Å². The summed E-state index contributed by atoms with van der Waals surface area (Å²) < 4.78 is 7.44. The molecule has 0 spiro atoms. The first-order valence-corrected chi connectivity index (χ1v) is 10.2. The normalized spacial score (nSPS) is 10.7. The van der Waals surface area contributed by atoms with Gasteiger partial charge < -0.3 is 14.6 Å². The number of hydrogen-bond acceptors (Lipinski definition) is 5. The maximum absolute atomic E-state index is 12.2. The van der Waals surface area contributed by atoms with Gasteiger partial charge in [-0.1, -0.05) is 58.7 Å². The second-order valence-electron chi connectivity index (χ2n) is 5.64. The molecule has 0 aliphatic rings. The summed E-state index contributed by atoms with van der Waals surface area (Å²) in [5.74, 6) is 1.09. The van der Waals surface area contributed by atoms with Gasteiger partial charge in [-0.15, -0.1) is 10.2 Å². The van der Waals surface area contributed by atoms with E-state index in [-0.39, 0.29) is 18.3 Å². The summed E-state index contributed by atoms with van der Waals surface area (Å²) >= 11 is 19.3. The van der Waals surface area contributed by atoms with Gasteiger partial charge in [-0.3, -0.25) is 4.79 Å². The van der Waals surface area contributed by atoms with Crippen LogP contribution in [-0.2, 0) is 18.4 Å². The molecule has 1 aromatic heterocycles. The van der Waals surface area contributed by atoms with Crippen LogP contribution in [0, 0.1) is 0 Å². The predicted molar refractivity (Wildman–Crippen MR) is 113 cm³/mol. The number of anilines is 1. The van der Waals surface area contributed by atoms with Crippen LogP contribution >= 0.6 is 46.6 Å². The topological polar surface area (TPSA) is 69.0 Å². The first kappa shape index (κ1) is 20.8. The molecule has 0 unspecified atom stereocenters. The molecule has 0 saturated heterocycles. The molecule has 28 heavy (non-hydrogen) atoms. The Morgan fingerprint density at radius 3 is 2.71 bits per heavy atom. The summed E-state index contributed by atoms with van der Waals surface area (Å²) in [6, 6.07) is 12.1. The van der Waals surface area contributed by atoms with Crippen molar-refractivity contribution in [1.29, 1.82) is 0 Å². The minimum atomic E-state index is -0.231. The molecule has 0 saturated carbocycles. The van der Waals surface area contributed by atoms with E-state index in [4.69, 9.17) is 39.5 Å². The van der Waals surface area contributed by atoms with Crippen molar-refractivity contribution < 1.29 is 9.53 Å². The number of thioether (sulfide) groups is 1. The molecule has 1 amide bonds. The van der Waals surface area contributed by atoms with E-state index >= 15 is 0 Å². The highest BCUT2D eigenvalue weighted by Gasteiger charge is 2.13. The number of rotatable bonds is 7. The highest BCUT2D eigenvalue weighted by molar-refractivity contribution is 7.99. The Balaban J connectivity index is 1.56. The van der Waals surface area contributed by atoms with Crippen molar-refractivity contribution in [2.45, 2.75) is 11.8 Å². The number of carbonyl (C=O) groups excluding carboxylic acids is 1. The molecule has 2 aromatic carbocycles. The molecule has 10 heteroatoms. The lowest BCUT2D eigenvalue weighted by Gasteiger charge is -2.08. The maximum Gasteiger partial charge on any atom is 0.234 e. The molecule has 3 rings (SSSR count). The first-order valence-electron chi connectivity index (χ1n) is 8.07. The monoisotopic (exact) mass is 456 g/mol. The molecular formula is C18H15Cl3N4O2S. The fraction of sp³-hybridized carbons (Fsp3) is 0.167. The Hall–Kier alpha value is -1.93. The summed E-state index contributed by atoms with van der Waals surface area (Å²) in [7, 11) is 1.80. The zero-order valence-corrected chi connectivity index (χ0v) is 17.7. The van der Waals surface area contributed by atoms with Gasteiger partial charge in [-0.25, -0.2) is 0 Å². The van der Waals surface area contributed by atoms with E-state index in [0.717, 1.165) is 0 Å². The molecule has 3 aromatic rings. The second kappa shape index (κ2) is 9.52. The number of amides is 1. The smallest absolute Gasteiger partial charge is 0.234 e. The van der Waals surface area contributed by atoms with Crippen molar-refractivity contribution in [2.75, 3.05) is 11.1 Å². The van der Waals surface area contributed by atoms with Crippen molar-refractivity contribution in [3.8, 4) is 5.75 Å². The van der Waals surface area contributed by atoms with E-state index in [9.17, 15) is 4.79 Å². The maximum atomic E-state index is 12.2. The molecule has 0 atom stereocenters. The number of carbonyl (C=O) groups is 1. The third kappa shape index (κ3) is 5.32. The van der Waals surface area contributed by atoms with Gasteiger partial charge >= 0.3 is 0 Å². The van der Waals surface area contributed by atoms with Gasteiger partial charge in [0.15, 0.2) is 11.0 Å². The van der Waals surface area contributed by atoms with Gasteiger partial charge in [0.05, 0.1) is 21.5 Å². The van der Waals surface area contributed by atoms with Gasteiger partial charge in [0.1, 0.15) is 12.4 Å². The zero-order valence-electron chi connectivity index (χ0n) is 14.7. The van der Waals surface area contributed by atoms with Gasteiger partial charge in [-0.05, 0) is 30.3 Å². The average molecular weight is 458 g/mol. The number of hydrogen-bond donors (Lipinski definition) is 1. The largest absolute Gasteiger partial charge is 0.484 e. The van der Waals surface area contributed by atoms with Crippen LogP contribution in [0.4, 0.5) is 5.69 Å². The Morgan fingerprint density at radius 2 is 1.93 bits per heavy atom. The summed E-state index contributed by atoms with van der Waals surface area (Å²) in [6.07, 6.45) is 0. The van der Waals surface area contributed by atoms with Crippen LogP contribution in [0.3, 0.4) is 0 Å². The number of benzene rings is 2.